The van der Waals surface area contributed by atoms with Crippen LogP contribution < -0.4 is 5.32 Å². The maximum atomic E-state index is 9.91. The molecule has 27 heavy (non-hydrogen) atoms. The van der Waals surface area contributed by atoms with Crippen molar-refractivity contribution in [3.05, 3.63) is 65.2 Å². The van der Waals surface area contributed by atoms with Crippen molar-refractivity contribution in [3.8, 4) is 5.75 Å². The summed E-state index contributed by atoms with van der Waals surface area (Å²) in [5.74, 6) is 2.65. The van der Waals surface area contributed by atoms with E-state index in [9.17, 15) is 5.11 Å². The standard InChI is InChI=1S/C25H33NO/c1-18-7-9-20(10-8-18)17-26-25-14-11-21-16-22(27)12-13-23(21)24(25)15-19-5-3-2-4-6-19/h2-6,12-13,16,18,20,24-27H,7-11,14-15,17H2,1H3. The summed E-state index contributed by atoms with van der Waals surface area (Å²) >= 11 is 0. The van der Waals surface area contributed by atoms with Crippen LogP contribution in [0.2, 0.25) is 0 Å². The zero-order chi connectivity index (χ0) is 18.6. The molecule has 2 heteroatoms. The maximum absolute atomic E-state index is 9.91. The van der Waals surface area contributed by atoms with Gasteiger partial charge in [0.1, 0.15) is 5.75 Å². The summed E-state index contributed by atoms with van der Waals surface area (Å²) in [6, 6.07) is 17.4. The second-order valence-corrected chi connectivity index (χ2v) is 8.86. The van der Waals surface area contributed by atoms with Gasteiger partial charge < -0.3 is 10.4 Å². The SMILES string of the molecule is CC1CCC(CNC2CCc3cc(O)ccc3C2Cc2ccccc2)CC1. The Hall–Kier alpha value is -1.80. The number of hydrogen-bond donors (Lipinski definition) is 2. The van der Waals surface area contributed by atoms with Gasteiger partial charge in [-0.3, -0.25) is 0 Å². The second kappa shape index (κ2) is 8.48. The average Bonchev–Trinajstić information content (AvgIpc) is 2.69. The lowest BCUT2D eigenvalue weighted by atomic mass is 9.75. The molecule has 2 aliphatic carbocycles. The molecule has 144 valence electrons. The molecular weight excluding hydrogens is 330 g/mol. The van der Waals surface area contributed by atoms with E-state index in [-0.39, 0.29) is 0 Å². The number of phenolic OH excluding ortho intramolecular Hbond substituents is 1. The van der Waals surface area contributed by atoms with E-state index in [4.69, 9.17) is 0 Å². The van der Waals surface area contributed by atoms with Gasteiger partial charge in [0.2, 0.25) is 0 Å². The number of rotatable bonds is 5. The topological polar surface area (TPSA) is 32.3 Å². The van der Waals surface area contributed by atoms with Gasteiger partial charge in [0, 0.05) is 12.0 Å². The van der Waals surface area contributed by atoms with Crippen molar-refractivity contribution < 1.29 is 5.11 Å². The number of phenols is 1. The van der Waals surface area contributed by atoms with E-state index >= 15 is 0 Å². The van der Waals surface area contributed by atoms with E-state index in [1.165, 1.54) is 42.4 Å². The first-order valence-electron chi connectivity index (χ1n) is 10.8. The summed E-state index contributed by atoms with van der Waals surface area (Å²) < 4.78 is 0. The highest BCUT2D eigenvalue weighted by atomic mass is 16.3. The first-order valence-corrected chi connectivity index (χ1v) is 10.8. The Morgan fingerprint density at radius 1 is 0.963 bits per heavy atom. The lowest BCUT2D eigenvalue weighted by Gasteiger charge is -2.36. The summed E-state index contributed by atoms with van der Waals surface area (Å²) in [6.45, 7) is 3.56. The van der Waals surface area contributed by atoms with Gasteiger partial charge in [-0.15, -0.1) is 0 Å². The van der Waals surface area contributed by atoms with Crippen molar-refractivity contribution in [3.63, 3.8) is 0 Å². The van der Waals surface area contributed by atoms with E-state index in [2.05, 4.69) is 48.6 Å². The van der Waals surface area contributed by atoms with Crippen LogP contribution in [-0.2, 0) is 12.8 Å². The van der Waals surface area contributed by atoms with E-state index in [0.717, 1.165) is 37.6 Å². The summed E-state index contributed by atoms with van der Waals surface area (Å²) in [4.78, 5) is 0. The van der Waals surface area contributed by atoms with Gasteiger partial charge >= 0.3 is 0 Å². The van der Waals surface area contributed by atoms with Gasteiger partial charge in [-0.2, -0.15) is 0 Å². The molecule has 1 fully saturated rings. The first-order chi connectivity index (χ1) is 13.2. The van der Waals surface area contributed by atoms with Crippen LogP contribution in [0.4, 0.5) is 0 Å². The van der Waals surface area contributed by atoms with Crippen molar-refractivity contribution >= 4 is 0 Å². The van der Waals surface area contributed by atoms with E-state index < -0.39 is 0 Å². The smallest absolute Gasteiger partial charge is 0.115 e. The van der Waals surface area contributed by atoms with Crippen LogP contribution in [0, 0.1) is 11.8 Å². The monoisotopic (exact) mass is 363 g/mol. The molecule has 2 aromatic carbocycles. The molecule has 2 atom stereocenters. The van der Waals surface area contributed by atoms with Gasteiger partial charge in [0.05, 0.1) is 0 Å². The van der Waals surface area contributed by atoms with Crippen molar-refractivity contribution in [2.45, 2.75) is 63.8 Å². The Labute approximate surface area is 164 Å². The molecular formula is C25H33NO. The van der Waals surface area contributed by atoms with Gasteiger partial charge in [0.15, 0.2) is 0 Å². The zero-order valence-electron chi connectivity index (χ0n) is 16.5. The van der Waals surface area contributed by atoms with Crippen LogP contribution in [0.15, 0.2) is 48.5 Å². The molecule has 0 amide bonds. The van der Waals surface area contributed by atoms with E-state index in [1.807, 2.05) is 12.1 Å². The minimum Gasteiger partial charge on any atom is -0.508 e. The molecule has 0 heterocycles. The Morgan fingerprint density at radius 3 is 2.52 bits per heavy atom. The third-order valence-corrected chi connectivity index (χ3v) is 6.84. The second-order valence-electron chi connectivity index (χ2n) is 8.86. The van der Waals surface area contributed by atoms with E-state index in [0.29, 0.717) is 17.7 Å². The van der Waals surface area contributed by atoms with Gasteiger partial charge in [-0.25, -0.2) is 0 Å². The van der Waals surface area contributed by atoms with Gasteiger partial charge in [-0.1, -0.05) is 56.2 Å². The summed E-state index contributed by atoms with van der Waals surface area (Å²) in [5, 5.41) is 13.9. The molecule has 2 unspecified atom stereocenters. The maximum Gasteiger partial charge on any atom is 0.115 e. The molecule has 0 aliphatic heterocycles. The Morgan fingerprint density at radius 2 is 1.74 bits per heavy atom. The molecule has 0 bridgehead atoms. The highest BCUT2D eigenvalue weighted by Gasteiger charge is 2.30. The summed E-state index contributed by atoms with van der Waals surface area (Å²) in [5.41, 5.74) is 4.17. The van der Waals surface area contributed by atoms with E-state index in [1.54, 1.807) is 0 Å². The van der Waals surface area contributed by atoms with Crippen LogP contribution >= 0.6 is 0 Å². The lowest BCUT2D eigenvalue weighted by molar-refractivity contribution is 0.262. The molecule has 2 aromatic rings. The number of hydrogen-bond acceptors (Lipinski definition) is 2. The van der Waals surface area contributed by atoms with Crippen molar-refractivity contribution in [2.75, 3.05) is 6.54 Å². The molecule has 4 rings (SSSR count). The predicted octanol–water partition coefficient (Wildman–Crippen LogP) is 5.45. The fraction of sp³-hybridized carbons (Fsp3) is 0.520. The molecule has 2 nitrogen and oxygen atoms in total. The number of fused-ring (bicyclic) bond motifs is 1. The normalized spacial score (nSPS) is 27.9. The number of aromatic hydroxyl groups is 1. The summed E-state index contributed by atoms with van der Waals surface area (Å²) in [7, 11) is 0. The third kappa shape index (κ3) is 4.55. The molecule has 0 spiro atoms. The fourth-order valence-corrected chi connectivity index (χ4v) is 5.12. The number of aryl methyl sites for hydroxylation is 1. The minimum absolute atomic E-state index is 0.398. The Kier molecular flexibility index (Phi) is 5.83. The van der Waals surface area contributed by atoms with Crippen LogP contribution in [0.5, 0.6) is 5.75 Å². The highest BCUT2D eigenvalue weighted by molar-refractivity contribution is 5.41. The van der Waals surface area contributed by atoms with Crippen molar-refractivity contribution in [1.29, 1.82) is 0 Å². The minimum atomic E-state index is 0.398. The number of nitrogens with one attached hydrogen (secondary N) is 1. The van der Waals surface area contributed by atoms with Gasteiger partial charge in [0.25, 0.3) is 0 Å². The third-order valence-electron chi connectivity index (χ3n) is 6.84. The quantitative estimate of drug-likeness (QED) is 0.740. The molecule has 0 saturated heterocycles. The Bertz CT molecular complexity index is 733. The molecule has 0 aromatic heterocycles. The Balaban J connectivity index is 1.49. The zero-order valence-corrected chi connectivity index (χ0v) is 16.5. The summed E-state index contributed by atoms with van der Waals surface area (Å²) in [6.07, 6.45) is 8.85. The number of benzene rings is 2. The molecule has 2 N–H and O–H groups in total. The lowest BCUT2D eigenvalue weighted by Crippen LogP contribution is -2.42. The van der Waals surface area contributed by atoms with Crippen LogP contribution in [0.1, 0.15) is 61.6 Å². The largest absolute Gasteiger partial charge is 0.508 e. The van der Waals surface area contributed by atoms with Crippen molar-refractivity contribution in [1.82, 2.24) is 5.32 Å². The van der Waals surface area contributed by atoms with Crippen LogP contribution in [0.3, 0.4) is 0 Å². The molecule has 1 saturated carbocycles. The predicted molar refractivity (Wildman–Crippen MR) is 112 cm³/mol. The molecule has 2 aliphatic rings. The van der Waals surface area contributed by atoms with Crippen molar-refractivity contribution in [2.24, 2.45) is 11.8 Å². The van der Waals surface area contributed by atoms with Crippen LogP contribution in [0.25, 0.3) is 0 Å². The highest BCUT2D eigenvalue weighted by Crippen LogP contribution is 2.36. The molecule has 0 radical (unpaired) electrons. The van der Waals surface area contributed by atoms with Crippen LogP contribution in [-0.4, -0.2) is 17.7 Å². The first kappa shape index (κ1) is 18.6. The van der Waals surface area contributed by atoms with Gasteiger partial charge in [-0.05, 0) is 79.3 Å². The fourth-order valence-electron chi connectivity index (χ4n) is 5.12. The average molecular weight is 364 g/mol.